The second kappa shape index (κ2) is 11.1. The number of nitrogens with zero attached hydrogens (tertiary/aromatic N) is 5. The Hall–Kier alpha value is -3.80. The van der Waals surface area contributed by atoms with Gasteiger partial charge in [-0.3, -0.25) is 10.1 Å². The molecule has 1 fully saturated rings. The molecule has 2 amide bonds. The number of fused-ring (bicyclic) bond motifs is 1. The van der Waals surface area contributed by atoms with Crippen molar-refractivity contribution >= 4 is 50.3 Å². The molecule has 3 heterocycles. The van der Waals surface area contributed by atoms with E-state index in [4.69, 9.17) is 4.84 Å². The molecular weight excluding hydrogens is 494 g/mol. The third kappa shape index (κ3) is 5.79. The first kappa shape index (κ1) is 26.3. The highest BCUT2D eigenvalue weighted by molar-refractivity contribution is 7.22. The number of benzene rings is 1. The lowest BCUT2D eigenvalue weighted by molar-refractivity contribution is -0.149. The van der Waals surface area contributed by atoms with E-state index < -0.39 is 11.4 Å². The number of aromatic nitrogens is 3. The van der Waals surface area contributed by atoms with Crippen molar-refractivity contribution in [3.05, 3.63) is 30.1 Å². The number of oxime groups is 1. The molecule has 1 aliphatic rings. The van der Waals surface area contributed by atoms with Gasteiger partial charge in [0.05, 0.1) is 21.3 Å². The molecule has 1 saturated heterocycles. The van der Waals surface area contributed by atoms with Gasteiger partial charge in [0.1, 0.15) is 6.61 Å². The van der Waals surface area contributed by atoms with Gasteiger partial charge in [-0.2, -0.15) is 0 Å². The monoisotopic (exact) mass is 525 g/mol. The van der Waals surface area contributed by atoms with Crippen LogP contribution in [0.1, 0.15) is 46.1 Å². The number of anilines is 2. The molecule has 0 bridgehead atoms. The van der Waals surface area contributed by atoms with Crippen LogP contribution < -0.4 is 15.5 Å². The topological polar surface area (TPSA) is 142 Å². The average Bonchev–Trinajstić information content (AvgIpc) is 3.29. The molecule has 0 saturated carbocycles. The van der Waals surface area contributed by atoms with E-state index in [-0.39, 0.29) is 6.03 Å². The molecular formula is C25H31N7O4S. The summed E-state index contributed by atoms with van der Waals surface area (Å²) < 4.78 is 0.879. The molecule has 1 aromatic carbocycles. The lowest BCUT2D eigenvalue weighted by Crippen LogP contribution is -2.43. The van der Waals surface area contributed by atoms with Crippen LogP contribution in [0.4, 0.5) is 15.9 Å². The van der Waals surface area contributed by atoms with Crippen molar-refractivity contribution in [1.29, 1.82) is 0 Å². The summed E-state index contributed by atoms with van der Waals surface area (Å²) in [6.07, 6.45) is 4.60. The highest BCUT2D eigenvalue weighted by atomic mass is 32.1. The summed E-state index contributed by atoms with van der Waals surface area (Å²) in [6, 6.07) is 3.61. The number of carboxylic acid groups (broad SMARTS) is 1. The smallest absolute Gasteiger partial charge is 0.321 e. The van der Waals surface area contributed by atoms with Crippen molar-refractivity contribution in [2.24, 2.45) is 10.6 Å². The van der Waals surface area contributed by atoms with Crippen molar-refractivity contribution in [2.75, 3.05) is 36.5 Å². The number of hydrogen-bond donors (Lipinski definition) is 3. The summed E-state index contributed by atoms with van der Waals surface area (Å²) in [4.78, 5) is 44.6. The van der Waals surface area contributed by atoms with E-state index >= 15 is 0 Å². The fourth-order valence-corrected chi connectivity index (χ4v) is 5.09. The molecule has 0 unspecified atom stereocenters. The number of carbonyl (C=O) groups excluding carboxylic acids is 1. The number of amides is 2. The highest BCUT2D eigenvalue weighted by Crippen LogP contribution is 2.35. The Balaban J connectivity index is 1.64. The Morgan fingerprint density at radius 1 is 1.19 bits per heavy atom. The number of nitrogens with one attached hydrogen (secondary N) is 2. The van der Waals surface area contributed by atoms with Crippen LogP contribution in [-0.2, 0) is 9.63 Å². The van der Waals surface area contributed by atoms with Crippen LogP contribution in [0, 0.1) is 5.41 Å². The highest BCUT2D eigenvalue weighted by Gasteiger charge is 2.37. The standard InChI is InChI=1S/C25H31N7O4S/c1-5-26-23(35)30-24-29-19-12-16(11-18(20(19)37-24)15(3)31-36-6-2)17-13-27-22(28-14-17)32-9-7-25(4,8-10-32)21(33)34/h11-14H,5-10H2,1-4H3,(H,33,34)(H2,26,29,30,35). The van der Waals surface area contributed by atoms with Gasteiger partial charge in [-0.15, -0.1) is 0 Å². The van der Waals surface area contributed by atoms with Crippen molar-refractivity contribution in [3.8, 4) is 11.1 Å². The molecule has 11 nitrogen and oxygen atoms in total. The maximum Gasteiger partial charge on any atom is 0.321 e. The fraction of sp³-hybridized carbons (Fsp3) is 0.440. The number of piperidine rings is 1. The van der Waals surface area contributed by atoms with E-state index in [1.165, 1.54) is 11.3 Å². The Bertz CT molecular complexity index is 1310. The predicted molar refractivity (Wildman–Crippen MR) is 144 cm³/mol. The molecule has 1 aliphatic heterocycles. The number of aliphatic carboxylic acids is 1. The SMILES string of the molecule is CCNC(=O)Nc1nc2cc(-c3cnc(N4CCC(C)(C(=O)O)CC4)nc3)cc(C(C)=NOCC)c2s1. The lowest BCUT2D eigenvalue weighted by Gasteiger charge is -2.36. The van der Waals surface area contributed by atoms with Crippen molar-refractivity contribution in [1.82, 2.24) is 20.3 Å². The Kier molecular flexibility index (Phi) is 7.86. The van der Waals surface area contributed by atoms with Gasteiger partial charge in [0.25, 0.3) is 0 Å². The largest absolute Gasteiger partial charge is 0.481 e. The molecule has 12 heteroatoms. The van der Waals surface area contributed by atoms with E-state index in [1.54, 1.807) is 19.3 Å². The number of rotatable bonds is 8. The molecule has 0 spiro atoms. The summed E-state index contributed by atoms with van der Waals surface area (Å²) >= 11 is 1.37. The maximum atomic E-state index is 12.0. The molecule has 4 rings (SSSR count). The number of hydrogen-bond acceptors (Lipinski definition) is 9. The molecule has 0 atom stereocenters. The van der Waals surface area contributed by atoms with Gasteiger partial charge < -0.3 is 20.2 Å². The number of carboxylic acids is 1. The lowest BCUT2D eigenvalue weighted by atomic mass is 9.80. The first-order valence-electron chi connectivity index (χ1n) is 12.2. The first-order chi connectivity index (χ1) is 17.7. The van der Waals surface area contributed by atoms with Gasteiger partial charge in [0.2, 0.25) is 5.95 Å². The zero-order chi connectivity index (χ0) is 26.6. The van der Waals surface area contributed by atoms with E-state index in [1.807, 2.05) is 37.8 Å². The Morgan fingerprint density at radius 2 is 1.89 bits per heavy atom. The van der Waals surface area contributed by atoms with Crippen LogP contribution in [0.25, 0.3) is 21.3 Å². The van der Waals surface area contributed by atoms with E-state index in [9.17, 15) is 14.7 Å². The van der Waals surface area contributed by atoms with E-state index in [0.29, 0.717) is 61.4 Å². The van der Waals surface area contributed by atoms with Crippen molar-refractivity contribution in [2.45, 2.75) is 40.5 Å². The van der Waals surface area contributed by atoms with Crippen LogP contribution in [0.15, 0.2) is 29.7 Å². The fourth-order valence-electron chi connectivity index (χ4n) is 4.08. The van der Waals surface area contributed by atoms with Gasteiger partial charge in [0, 0.05) is 43.2 Å². The Morgan fingerprint density at radius 3 is 2.51 bits per heavy atom. The van der Waals surface area contributed by atoms with E-state index in [0.717, 1.165) is 21.4 Å². The molecule has 0 aliphatic carbocycles. The number of urea groups is 1. The third-order valence-electron chi connectivity index (χ3n) is 6.41. The van der Waals surface area contributed by atoms with Gasteiger partial charge in [0.15, 0.2) is 5.13 Å². The average molecular weight is 526 g/mol. The molecule has 3 aromatic rings. The van der Waals surface area contributed by atoms with Crippen molar-refractivity contribution in [3.63, 3.8) is 0 Å². The maximum absolute atomic E-state index is 12.0. The van der Waals surface area contributed by atoms with Crippen molar-refractivity contribution < 1.29 is 19.5 Å². The zero-order valence-electron chi connectivity index (χ0n) is 21.4. The molecule has 0 radical (unpaired) electrons. The minimum Gasteiger partial charge on any atom is -0.481 e. The minimum absolute atomic E-state index is 0.312. The zero-order valence-corrected chi connectivity index (χ0v) is 22.2. The summed E-state index contributed by atoms with van der Waals surface area (Å²) in [5.74, 6) is -0.183. The minimum atomic E-state index is -0.760. The Labute approximate surface area is 219 Å². The van der Waals surface area contributed by atoms with Crippen LogP contribution in [0.3, 0.4) is 0 Å². The summed E-state index contributed by atoms with van der Waals surface area (Å²) in [5, 5.41) is 19.7. The third-order valence-corrected chi connectivity index (χ3v) is 7.43. The second-order valence-corrected chi connectivity index (χ2v) is 10.1. The number of thiazole rings is 1. The van der Waals surface area contributed by atoms with Crippen LogP contribution in [0.2, 0.25) is 0 Å². The molecule has 37 heavy (non-hydrogen) atoms. The summed E-state index contributed by atoms with van der Waals surface area (Å²) in [5.41, 5.74) is 3.19. The summed E-state index contributed by atoms with van der Waals surface area (Å²) in [6.45, 7) is 9.51. The summed E-state index contributed by atoms with van der Waals surface area (Å²) in [7, 11) is 0. The first-order valence-corrected chi connectivity index (χ1v) is 13.0. The second-order valence-electron chi connectivity index (χ2n) is 9.09. The molecule has 196 valence electrons. The van der Waals surface area contributed by atoms with Gasteiger partial charge >= 0.3 is 12.0 Å². The van der Waals surface area contributed by atoms with Gasteiger partial charge in [-0.05, 0) is 58.2 Å². The predicted octanol–water partition coefficient (Wildman–Crippen LogP) is 4.35. The van der Waals surface area contributed by atoms with Crippen LogP contribution in [0.5, 0.6) is 0 Å². The van der Waals surface area contributed by atoms with E-state index in [2.05, 4.69) is 30.7 Å². The van der Waals surface area contributed by atoms with Gasteiger partial charge in [-0.25, -0.2) is 19.7 Å². The molecule has 2 aromatic heterocycles. The quantitative estimate of drug-likeness (QED) is 0.291. The van der Waals surface area contributed by atoms with Crippen LogP contribution >= 0.6 is 11.3 Å². The molecule has 3 N–H and O–H groups in total. The normalized spacial score (nSPS) is 15.5. The number of carbonyl (C=O) groups is 2. The van der Waals surface area contributed by atoms with Gasteiger partial charge in [-0.1, -0.05) is 16.5 Å². The van der Waals surface area contributed by atoms with Crippen LogP contribution in [-0.4, -0.2) is 64.0 Å².